The van der Waals surface area contributed by atoms with Gasteiger partial charge in [-0.15, -0.1) is 0 Å². The minimum atomic E-state index is -0.899. The van der Waals surface area contributed by atoms with Gasteiger partial charge in [0.1, 0.15) is 12.4 Å². The third kappa shape index (κ3) is 4.60. The van der Waals surface area contributed by atoms with E-state index in [1.807, 2.05) is 37.4 Å². The molecule has 7 nitrogen and oxygen atoms in total. The van der Waals surface area contributed by atoms with Crippen molar-refractivity contribution in [2.45, 2.75) is 39.8 Å². The van der Waals surface area contributed by atoms with Crippen LogP contribution in [0.4, 0.5) is 4.79 Å². The van der Waals surface area contributed by atoms with Crippen LogP contribution in [0.1, 0.15) is 43.6 Å². The van der Waals surface area contributed by atoms with Crippen LogP contribution in [0.5, 0.6) is 5.75 Å². The van der Waals surface area contributed by atoms with Crippen molar-refractivity contribution in [3.63, 3.8) is 0 Å². The zero-order valence-corrected chi connectivity index (χ0v) is 22.1. The summed E-state index contributed by atoms with van der Waals surface area (Å²) in [5.74, 6) is 0.494. The minimum absolute atomic E-state index is 0.198. The third-order valence-electron chi connectivity index (χ3n) is 7.08. The molecule has 3 heterocycles. The number of aryl methyl sites for hydroxylation is 1. The first kappa shape index (κ1) is 25.0. The van der Waals surface area contributed by atoms with Crippen LogP contribution in [0.25, 0.3) is 16.6 Å². The molecule has 1 aliphatic rings. The molecule has 0 saturated carbocycles. The molecule has 4 aromatic rings. The number of ether oxygens (including phenoxy) is 1. The fraction of sp³-hybridized carbons (Fsp3) is 0.310. The Bertz CT molecular complexity index is 1550. The SMILES string of the molecule is Cn1c2c(c3ccc(-n4ccc(OCc5ccc(Cl)cc5)cc4=O)cc31)C(C(C)(C)C)N(C(=O)O)CC2. The van der Waals surface area contributed by atoms with Crippen molar-refractivity contribution in [3.05, 3.63) is 93.0 Å². The fourth-order valence-electron chi connectivity index (χ4n) is 5.39. The molecule has 0 spiro atoms. The Kier molecular flexibility index (Phi) is 6.28. The maximum absolute atomic E-state index is 13.0. The highest BCUT2D eigenvalue weighted by Crippen LogP contribution is 2.46. The highest BCUT2D eigenvalue weighted by molar-refractivity contribution is 6.30. The summed E-state index contributed by atoms with van der Waals surface area (Å²) in [5, 5.41) is 11.6. The lowest BCUT2D eigenvalue weighted by atomic mass is 9.78. The second-order valence-electron chi connectivity index (χ2n) is 10.6. The van der Waals surface area contributed by atoms with E-state index in [0.29, 0.717) is 30.3 Å². The molecule has 0 fully saturated rings. The van der Waals surface area contributed by atoms with Gasteiger partial charge in [0, 0.05) is 53.9 Å². The van der Waals surface area contributed by atoms with E-state index < -0.39 is 6.09 Å². The molecule has 1 atom stereocenters. The van der Waals surface area contributed by atoms with Gasteiger partial charge >= 0.3 is 6.09 Å². The molecule has 2 aromatic carbocycles. The molecule has 8 heteroatoms. The number of pyridine rings is 1. The van der Waals surface area contributed by atoms with Crippen LogP contribution < -0.4 is 10.3 Å². The van der Waals surface area contributed by atoms with Gasteiger partial charge in [0.25, 0.3) is 5.56 Å². The number of benzene rings is 2. The normalized spacial score (nSPS) is 15.6. The van der Waals surface area contributed by atoms with Gasteiger partial charge in [0.15, 0.2) is 0 Å². The van der Waals surface area contributed by atoms with E-state index in [4.69, 9.17) is 16.3 Å². The topological polar surface area (TPSA) is 76.7 Å². The molecule has 0 saturated heterocycles. The monoisotopic (exact) mass is 519 g/mol. The number of nitrogens with zero attached hydrogens (tertiary/aromatic N) is 3. The highest BCUT2D eigenvalue weighted by Gasteiger charge is 2.41. The summed E-state index contributed by atoms with van der Waals surface area (Å²) in [7, 11) is 2.01. The standard InChI is InChI=1S/C29H30ClN3O4/c1-29(2,3)27-26-22-10-9-20(15-24(22)31(4)23(26)12-14-33(27)28(35)36)32-13-11-21(16-25(32)34)37-17-18-5-7-19(30)8-6-18/h5-11,13,15-16,27H,12,14,17H2,1-4H3,(H,35,36). The van der Waals surface area contributed by atoms with E-state index in [0.717, 1.165) is 33.4 Å². The van der Waals surface area contributed by atoms with Gasteiger partial charge in [0.05, 0.1) is 17.2 Å². The Morgan fingerprint density at radius 1 is 1.11 bits per heavy atom. The lowest BCUT2D eigenvalue weighted by molar-refractivity contribution is 0.0760. The number of hydrogen-bond donors (Lipinski definition) is 1. The smallest absolute Gasteiger partial charge is 0.407 e. The summed E-state index contributed by atoms with van der Waals surface area (Å²) in [6.45, 7) is 7.02. The Balaban J connectivity index is 1.49. The zero-order chi connectivity index (χ0) is 26.5. The first-order valence-corrected chi connectivity index (χ1v) is 12.6. The largest absolute Gasteiger partial charge is 0.489 e. The average Bonchev–Trinajstić information content (AvgIpc) is 3.14. The van der Waals surface area contributed by atoms with Crippen molar-refractivity contribution in [1.29, 1.82) is 0 Å². The first-order chi connectivity index (χ1) is 17.5. The Morgan fingerprint density at radius 3 is 2.49 bits per heavy atom. The summed E-state index contributed by atoms with van der Waals surface area (Å²) in [6.07, 6.45) is 1.46. The van der Waals surface area contributed by atoms with Crippen LogP contribution in [0.3, 0.4) is 0 Å². The molecule has 5 rings (SSSR count). The van der Waals surface area contributed by atoms with Gasteiger partial charge in [-0.2, -0.15) is 0 Å². The van der Waals surface area contributed by atoms with Crippen molar-refractivity contribution < 1.29 is 14.6 Å². The van der Waals surface area contributed by atoms with Crippen LogP contribution in [0, 0.1) is 5.41 Å². The van der Waals surface area contributed by atoms with Gasteiger partial charge in [0.2, 0.25) is 0 Å². The van der Waals surface area contributed by atoms with Crippen molar-refractivity contribution in [2.75, 3.05) is 6.54 Å². The van der Waals surface area contributed by atoms with E-state index >= 15 is 0 Å². The predicted octanol–water partition coefficient (Wildman–Crippen LogP) is 6.18. The second kappa shape index (κ2) is 9.30. The number of fused-ring (bicyclic) bond motifs is 3. The number of rotatable bonds is 4. The van der Waals surface area contributed by atoms with Crippen molar-refractivity contribution in [3.8, 4) is 11.4 Å². The lowest BCUT2D eigenvalue weighted by Gasteiger charge is -2.42. The fourth-order valence-corrected chi connectivity index (χ4v) is 5.52. The van der Waals surface area contributed by atoms with E-state index in [1.165, 1.54) is 6.07 Å². The van der Waals surface area contributed by atoms with Gasteiger partial charge in [-0.3, -0.25) is 9.36 Å². The quantitative estimate of drug-likeness (QED) is 0.349. The number of carboxylic acid groups (broad SMARTS) is 1. The summed E-state index contributed by atoms with van der Waals surface area (Å²) < 4.78 is 9.54. The van der Waals surface area contributed by atoms with Crippen LogP contribution >= 0.6 is 11.6 Å². The van der Waals surface area contributed by atoms with Crippen LogP contribution in [-0.4, -0.2) is 31.8 Å². The lowest BCUT2D eigenvalue weighted by Crippen LogP contribution is -2.44. The number of amides is 1. The number of halogens is 1. The molecule has 37 heavy (non-hydrogen) atoms. The van der Waals surface area contributed by atoms with Crippen LogP contribution in [0.2, 0.25) is 5.02 Å². The van der Waals surface area contributed by atoms with E-state index in [-0.39, 0.29) is 17.0 Å². The van der Waals surface area contributed by atoms with Gasteiger partial charge in [-0.25, -0.2) is 4.79 Å². The molecular weight excluding hydrogens is 490 g/mol. The molecular formula is C29H30ClN3O4. The van der Waals surface area contributed by atoms with Crippen molar-refractivity contribution >= 4 is 28.6 Å². The predicted molar refractivity (Wildman–Crippen MR) is 145 cm³/mol. The number of hydrogen-bond acceptors (Lipinski definition) is 3. The zero-order valence-electron chi connectivity index (χ0n) is 21.4. The van der Waals surface area contributed by atoms with Gasteiger partial charge < -0.3 is 19.3 Å². The minimum Gasteiger partial charge on any atom is -0.489 e. The second-order valence-corrected chi connectivity index (χ2v) is 11.0. The van der Waals surface area contributed by atoms with Crippen LogP contribution in [0.15, 0.2) is 65.6 Å². The highest BCUT2D eigenvalue weighted by atomic mass is 35.5. The first-order valence-electron chi connectivity index (χ1n) is 12.3. The van der Waals surface area contributed by atoms with Gasteiger partial charge in [-0.1, -0.05) is 50.6 Å². The van der Waals surface area contributed by atoms with E-state index in [2.05, 4.69) is 25.3 Å². The molecule has 1 amide bonds. The Morgan fingerprint density at radius 2 is 1.84 bits per heavy atom. The molecule has 0 bridgehead atoms. The molecule has 192 valence electrons. The molecule has 1 unspecified atom stereocenters. The average molecular weight is 520 g/mol. The Hall–Kier alpha value is -3.71. The van der Waals surface area contributed by atoms with Crippen LogP contribution in [-0.2, 0) is 20.1 Å². The maximum atomic E-state index is 13.0. The summed E-state index contributed by atoms with van der Waals surface area (Å²) in [4.78, 5) is 26.6. The molecule has 0 radical (unpaired) electrons. The summed E-state index contributed by atoms with van der Waals surface area (Å²) >= 11 is 5.93. The molecule has 2 aromatic heterocycles. The molecule has 1 aliphatic heterocycles. The van der Waals surface area contributed by atoms with Crippen molar-refractivity contribution in [1.82, 2.24) is 14.0 Å². The Labute approximate surface area is 220 Å². The van der Waals surface area contributed by atoms with E-state index in [1.54, 1.807) is 33.9 Å². The number of carbonyl (C=O) groups is 1. The molecule has 1 N–H and O–H groups in total. The maximum Gasteiger partial charge on any atom is 0.407 e. The summed E-state index contributed by atoms with van der Waals surface area (Å²) in [6, 6.07) is 16.3. The number of aromatic nitrogens is 2. The van der Waals surface area contributed by atoms with Gasteiger partial charge in [-0.05, 0) is 41.3 Å². The molecule has 0 aliphatic carbocycles. The summed E-state index contributed by atoms with van der Waals surface area (Å²) in [5.41, 5.74) is 4.39. The van der Waals surface area contributed by atoms with Crippen molar-refractivity contribution in [2.24, 2.45) is 12.5 Å². The third-order valence-corrected chi connectivity index (χ3v) is 7.33. The van der Waals surface area contributed by atoms with E-state index in [9.17, 15) is 14.7 Å².